The molecule has 0 saturated carbocycles. The Bertz CT molecular complexity index is 867. The van der Waals surface area contributed by atoms with Crippen molar-refractivity contribution in [1.82, 2.24) is 4.90 Å². The molecule has 0 amide bonds. The molecule has 0 aliphatic carbocycles. The fourth-order valence-electron chi connectivity index (χ4n) is 8.07. The van der Waals surface area contributed by atoms with Crippen molar-refractivity contribution in [1.29, 1.82) is 0 Å². The van der Waals surface area contributed by atoms with Gasteiger partial charge in [-0.05, 0) is 78.3 Å². The summed E-state index contributed by atoms with van der Waals surface area (Å²) in [5.74, 6) is -0.485. The Morgan fingerprint density at radius 1 is 0.571 bits per heavy atom. The van der Waals surface area contributed by atoms with Crippen LogP contribution in [0.15, 0.2) is 0 Å². The SMILES string of the molecule is CCCCCCCCCCC(=O)OCCCCCCC1(CCCCCCCC(=O)OC(CCCCCCCC)CCCCCCCC)OC[C@@H](CCN(C)C)O1. The number of hydrogen-bond donors (Lipinski definition) is 0. The highest BCUT2D eigenvalue weighted by Gasteiger charge is 2.40. The Balaban J connectivity index is 2.32. The summed E-state index contributed by atoms with van der Waals surface area (Å²) in [7, 11) is 4.23. The summed E-state index contributed by atoms with van der Waals surface area (Å²) in [4.78, 5) is 27.2. The van der Waals surface area contributed by atoms with Gasteiger partial charge in [-0.15, -0.1) is 0 Å². The van der Waals surface area contributed by atoms with Crippen molar-refractivity contribution in [2.24, 2.45) is 0 Å². The minimum Gasteiger partial charge on any atom is -0.466 e. The smallest absolute Gasteiger partial charge is 0.306 e. The molecule has 2 atom stereocenters. The maximum Gasteiger partial charge on any atom is 0.306 e. The number of hydrogen-bond acceptors (Lipinski definition) is 7. The third-order valence-corrected chi connectivity index (χ3v) is 11.8. The van der Waals surface area contributed by atoms with Crippen LogP contribution in [0.2, 0.25) is 0 Å². The van der Waals surface area contributed by atoms with Crippen molar-refractivity contribution >= 4 is 11.9 Å². The molecular weight excluding hydrogens is 699 g/mol. The Kier molecular flexibility index (Phi) is 35.9. The second kappa shape index (κ2) is 38.0. The predicted octanol–water partition coefficient (Wildman–Crippen LogP) is 14.2. The molecule has 1 saturated heterocycles. The average Bonchev–Trinajstić information content (AvgIpc) is 3.59. The van der Waals surface area contributed by atoms with Gasteiger partial charge in [-0.1, -0.05) is 162 Å². The van der Waals surface area contributed by atoms with E-state index in [-0.39, 0.29) is 24.1 Å². The molecule has 1 rings (SSSR count). The van der Waals surface area contributed by atoms with E-state index in [1.807, 2.05) is 0 Å². The summed E-state index contributed by atoms with van der Waals surface area (Å²) in [5.41, 5.74) is 0. The first-order valence-corrected chi connectivity index (χ1v) is 24.7. The lowest BCUT2D eigenvalue weighted by Crippen LogP contribution is -2.31. The van der Waals surface area contributed by atoms with Gasteiger partial charge in [0.2, 0.25) is 0 Å². The van der Waals surface area contributed by atoms with Crippen molar-refractivity contribution in [3.8, 4) is 0 Å². The van der Waals surface area contributed by atoms with E-state index in [4.69, 9.17) is 18.9 Å². The molecule has 332 valence electrons. The number of esters is 2. The van der Waals surface area contributed by atoms with Crippen molar-refractivity contribution in [2.75, 3.05) is 33.9 Å². The molecule has 0 bridgehead atoms. The van der Waals surface area contributed by atoms with Gasteiger partial charge < -0.3 is 23.8 Å². The van der Waals surface area contributed by atoms with Gasteiger partial charge in [-0.2, -0.15) is 0 Å². The third kappa shape index (κ3) is 31.8. The van der Waals surface area contributed by atoms with Gasteiger partial charge in [-0.25, -0.2) is 0 Å². The summed E-state index contributed by atoms with van der Waals surface area (Å²) in [6.45, 7) is 9.01. The van der Waals surface area contributed by atoms with E-state index in [0.29, 0.717) is 26.1 Å². The molecule has 1 fully saturated rings. The minimum atomic E-state index is -0.468. The van der Waals surface area contributed by atoms with E-state index in [0.717, 1.165) is 109 Å². The quantitative estimate of drug-likeness (QED) is 0.0450. The first-order chi connectivity index (χ1) is 27.3. The topological polar surface area (TPSA) is 74.3 Å². The first-order valence-electron chi connectivity index (χ1n) is 24.7. The highest BCUT2D eigenvalue weighted by atomic mass is 16.7. The van der Waals surface area contributed by atoms with Crippen LogP contribution in [-0.4, -0.2) is 68.7 Å². The molecule has 0 aromatic rings. The number of ether oxygens (including phenoxy) is 4. The van der Waals surface area contributed by atoms with Crippen LogP contribution in [0.4, 0.5) is 0 Å². The van der Waals surface area contributed by atoms with E-state index in [1.165, 1.54) is 116 Å². The molecule has 0 aromatic carbocycles. The standard InChI is InChI=1S/C49H95NO6/c1-6-9-12-15-18-19-23-30-37-47(51)53-43-34-27-26-33-41-49(54-44-46(56-49)39-42-50(4)5)40-32-25-20-24-31-38-48(52)55-45(35-28-21-16-13-10-7-2)36-29-22-17-14-11-8-3/h45-46H,6-44H2,1-5H3/t46-,49?/m1/s1. The number of unbranched alkanes of at least 4 members (excludes halogenated alkanes) is 24. The van der Waals surface area contributed by atoms with Crippen LogP contribution >= 0.6 is 0 Å². The zero-order valence-corrected chi connectivity index (χ0v) is 38.1. The van der Waals surface area contributed by atoms with Crippen molar-refractivity contribution in [2.45, 2.75) is 270 Å². The summed E-state index contributed by atoms with van der Waals surface area (Å²) < 4.78 is 24.7. The Morgan fingerprint density at radius 2 is 1.00 bits per heavy atom. The van der Waals surface area contributed by atoms with E-state index in [2.05, 4.69) is 39.8 Å². The second-order valence-electron chi connectivity index (χ2n) is 17.7. The van der Waals surface area contributed by atoms with Gasteiger partial charge in [0, 0.05) is 32.2 Å². The molecule has 1 unspecified atom stereocenters. The molecule has 56 heavy (non-hydrogen) atoms. The molecular formula is C49H95NO6. The van der Waals surface area contributed by atoms with Gasteiger partial charge in [-0.3, -0.25) is 9.59 Å². The van der Waals surface area contributed by atoms with Gasteiger partial charge in [0.1, 0.15) is 6.10 Å². The molecule has 0 spiro atoms. The summed E-state index contributed by atoms with van der Waals surface area (Å²) in [6, 6.07) is 0. The van der Waals surface area contributed by atoms with Crippen molar-refractivity contribution < 1.29 is 28.5 Å². The normalized spacial score (nSPS) is 17.0. The maximum absolute atomic E-state index is 12.9. The van der Waals surface area contributed by atoms with Crippen molar-refractivity contribution in [3.05, 3.63) is 0 Å². The molecule has 1 aliphatic heterocycles. The Morgan fingerprint density at radius 3 is 1.50 bits per heavy atom. The summed E-state index contributed by atoms with van der Waals surface area (Å²) >= 11 is 0. The molecule has 1 heterocycles. The molecule has 7 nitrogen and oxygen atoms in total. The highest BCUT2D eigenvalue weighted by molar-refractivity contribution is 5.69. The summed E-state index contributed by atoms with van der Waals surface area (Å²) in [6.07, 6.45) is 41.1. The van der Waals surface area contributed by atoms with Crippen LogP contribution in [-0.2, 0) is 28.5 Å². The van der Waals surface area contributed by atoms with Crippen LogP contribution in [0.3, 0.4) is 0 Å². The van der Waals surface area contributed by atoms with Gasteiger partial charge in [0.25, 0.3) is 0 Å². The zero-order valence-electron chi connectivity index (χ0n) is 38.1. The number of rotatable bonds is 42. The van der Waals surface area contributed by atoms with Gasteiger partial charge >= 0.3 is 11.9 Å². The second-order valence-corrected chi connectivity index (χ2v) is 17.7. The first kappa shape index (κ1) is 52.8. The largest absolute Gasteiger partial charge is 0.466 e. The van der Waals surface area contributed by atoms with Crippen LogP contribution in [0.1, 0.15) is 252 Å². The lowest BCUT2D eigenvalue weighted by Gasteiger charge is -2.29. The number of carbonyl (C=O) groups is 2. The van der Waals surface area contributed by atoms with Crippen molar-refractivity contribution in [3.63, 3.8) is 0 Å². The van der Waals surface area contributed by atoms with Gasteiger partial charge in [0.05, 0.1) is 19.3 Å². The third-order valence-electron chi connectivity index (χ3n) is 11.8. The average molecular weight is 794 g/mol. The molecule has 1 aliphatic rings. The van der Waals surface area contributed by atoms with E-state index in [9.17, 15) is 9.59 Å². The predicted molar refractivity (Wildman–Crippen MR) is 236 cm³/mol. The Hall–Kier alpha value is -1.18. The fraction of sp³-hybridized carbons (Fsp3) is 0.959. The minimum absolute atomic E-state index is 0.0133. The van der Waals surface area contributed by atoms with Gasteiger partial charge in [0.15, 0.2) is 5.79 Å². The Labute approximate surface area is 348 Å². The van der Waals surface area contributed by atoms with Crippen LogP contribution in [0, 0.1) is 0 Å². The van der Waals surface area contributed by atoms with Crippen LogP contribution in [0.25, 0.3) is 0 Å². The number of carbonyl (C=O) groups excluding carboxylic acids is 2. The molecule has 7 heteroatoms. The fourth-order valence-corrected chi connectivity index (χ4v) is 8.07. The number of nitrogens with zero attached hydrogens (tertiary/aromatic N) is 1. The van der Waals surface area contributed by atoms with Crippen LogP contribution < -0.4 is 0 Å². The summed E-state index contributed by atoms with van der Waals surface area (Å²) in [5, 5.41) is 0. The van der Waals surface area contributed by atoms with E-state index < -0.39 is 5.79 Å². The van der Waals surface area contributed by atoms with E-state index >= 15 is 0 Å². The zero-order chi connectivity index (χ0) is 40.8. The monoisotopic (exact) mass is 794 g/mol. The molecule has 0 radical (unpaired) electrons. The molecule has 0 N–H and O–H groups in total. The lowest BCUT2D eigenvalue weighted by atomic mass is 9.99. The maximum atomic E-state index is 12.9. The highest BCUT2D eigenvalue weighted by Crippen LogP contribution is 2.35. The molecule has 0 aromatic heterocycles. The van der Waals surface area contributed by atoms with Crippen LogP contribution in [0.5, 0.6) is 0 Å². The van der Waals surface area contributed by atoms with E-state index in [1.54, 1.807) is 0 Å². The lowest BCUT2D eigenvalue weighted by molar-refractivity contribution is -0.180.